The maximum Gasteiger partial charge on any atom is 0.279 e. The smallest absolute Gasteiger partial charge is 0.279 e. The Labute approximate surface area is 227 Å². The van der Waals surface area contributed by atoms with Crippen molar-refractivity contribution in [1.82, 2.24) is 15.1 Å². The number of hydrogen-bond donors (Lipinski definition) is 2. The summed E-state index contributed by atoms with van der Waals surface area (Å²) in [6.07, 6.45) is 0. The van der Waals surface area contributed by atoms with E-state index in [0.717, 1.165) is 4.68 Å². The van der Waals surface area contributed by atoms with Gasteiger partial charge in [-0.3, -0.25) is 14.4 Å². The number of nitrogens with zero attached hydrogens (tertiary/aromatic N) is 2. The van der Waals surface area contributed by atoms with E-state index in [1.165, 1.54) is 39.5 Å². The van der Waals surface area contributed by atoms with Gasteiger partial charge >= 0.3 is 0 Å². The number of nitrogens with one attached hydrogen (secondary N) is 2. The highest BCUT2D eigenvalue weighted by atomic mass is 35.5. The van der Waals surface area contributed by atoms with Gasteiger partial charge in [-0.15, -0.1) is 0 Å². The number of halogens is 2. The molecule has 0 radical (unpaired) electrons. The molecule has 0 aliphatic carbocycles. The Morgan fingerprint density at radius 2 is 1.53 bits per heavy atom. The van der Waals surface area contributed by atoms with E-state index in [4.69, 9.17) is 37.4 Å². The molecule has 4 rings (SSSR count). The van der Waals surface area contributed by atoms with Gasteiger partial charge in [-0.2, -0.15) is 9.78 Å². The number of aromatic nitrogens is 2. The van der Waals surface area contributed by atoms with Crippen molar-refractivity contribution < 1.29 is 23.8 Å². The molecular formula is C26H22Cl2N4O6. The van der Waals surface area contributed by atoms with Crippen molar-refractivity contribution in [2.45, 2.75) is 0 Å². The second-order valence-corrected chi connectivity index (χ2v) is 8.66. The van der Waals surface area contributed by atoms with Crippen LogP contribution in [0.25, 0.3) is 16.5 Å². The number of carbonyl (C=O) groups excluding carboxylic acids is 2. The molecule has 0 saturated carbocycles. The molecule has 4 aromatic rings. The van der Waals surface area contributed by atoms with Crippen LogP contribution in [-0.4, -0.2) is 49.5 Å². The third-order valence-corrected chi connectivity index (χ3v) is 6.15. The average Bonchev–Trinajstić information content (AvgIpc) is 2.92. The lowest BCUT2D eigenvalue weighted by molar-refractivity contribution is -0.115. The highest BCUT2D eigenvalue weighted by molar-refractivity contribution is 6.32. The summed E-state index contributed by atoms with van der Waals surface area (Å²) in [6.45, 7) is -0.394. The standard InChI is InChI=1S/C26H22Cl2N4O6/c1-36-20-9-8-14(10-17(20)27)32-26(35)16-7-5-4-6-15(16)24(31-32)25(34)29-13-23(33)30-19-11-18(28)21(37-2)12-22(19)38-3/h4-12H,13H2,1-3H3,(H,29,34)(H,30,33). The number of methoxy groups -OCH3 is 3. The van der Waals surface area contributed by atoms with Gasteiger partial charge in [-0.25, -0.2) is 0 Å². The van der Waals surface area contributed by atoms with Gasteiger partial charge in [0.1, 0.15) is 17.2 Å². The van der Waals surface area contributed by atoms with Gasteiger partial charge in [0.15, 0.2) is 5.69 Å². The zero-order chi connectivity index (χ0) is 27.4. The van der Waals surface area contributed by atoms with E-state index in [1.54, 1.807) is 36.4 Å². The molecule has 0 aliphatic heterocycles. The van der Waals surface area contributed by atoms with Crippen molar-refractivity contribution in [1.29, 1.82) is 0 Å². The molecule has 0 aliphatic rings. The van der Waals surface area contributed by atoms with E-state index in [1.807, 2.05) is 0 Å². The molecule has 0 unspecified atom stereocenters. The molecule has 0 saturated heterocycles. The molecule has 2 N–H and O–H groups in total. The minimum atomic E-state index is -0.663. The number of rotatable bonds is 8. The van der Waals surface area contributed by atoms with Gasteiger partial charge in [0, 0.05) is 11.5 Å². The van der Waals surface area contributed by atoms with Gasteiger partial charge in [0.05, 0.1) is 54.7 Å². The molecule has 12 heteroatoms. The summed E-state index contributed by atoms with van der Waals surface area (Å²) >= 11 is 12.4. The summed E-state index contributed by atoms with van der Waals surface area (Å²) in [5.41, 5.74) is 0.137. The van der Waals surface area contributed by atoms with Crippen LogP contribution < -0.4 is 30.4 Å². The Morgan fingerprint density at radius 3 is 2.18 bits per heavy atom. The van der Waals surface area contributed by atoms with Crippen molar-refractivity contribution >= 4 is 51.5 Å². The van der Waals surface area contributed by atoms with Crippen molar-refractivity contribution in [2.75, 3.05) is 33.2 Å². The Kier molecular flexibility index (Phi) is 8.04. The zero-order valence-electron chi connectivity index (χ0n) is 20.5. The van der Waals surface area contributed by atoms with Crippen LogP contribution in [0.5, 0.6) is 17.2 Å². The minimum Gasteiger partial charge on any atom is -0.495 e. The summed E-state index contributed by atoms with van der Waals surface area (Å²) in [5.74, 6) is -0.0882. The lowest BCUT2D eigenvalue weighted by Gasteiger charge is -2.14. The van der Waals surface area contributed by atoms with Crippen LogP contribution in [0.4, 0.5) is 5.69 Å². The number of anilines is 1. The molecular weight excluding hydrogens is 535 g/mol. The summed E-state index contributed by atoms with van der Waals surface area (Å²) < 4.78 is 16.7. The third-order valence-electron chi connectivity index (χ3n) is 5.56. The van der Waals surface area contributed by atoms with Crippen LogP contribution in [0.1, 0.15) is 10.5 Å². The van der Waals surface area contributed by atoms with Gasteiger partial charge in [0.2, 0.25) is 5.91 Å². The van der Waals surface area contributed by atoms with Crippen molar-refractivity contribution in [3.05, 3.63) is 80.7 Å². The summed E-state index contributed by atoms with van der Waals surface area (Å²) in [4.78, 5) is 39.0. The van der Waals surface area contributed by atoms with E-state index in [9.17, 15) is 14.4 Å². The van der Waals surface area contributed by atoms with Gasteiger partial charge in [0.25, 0.3) is 11.5 Å². The van der Waals surface area contributed by atoms with E-state index in [0.29, 0.717) is 34.0 Å². The van der Waals surface area contributed by atoms with Crippen molar-refractivity contribution in [2.24, 2.45) is 0 Å². The highest BCUT2D eigenvalue weighted by Crippen LogP contribution is 2.35. The number of fused-ring (bicyclic) bond motifs is 1. The number of amides is 2. The molecule has 1 heterocycles. The van der Waals surface area contributed by atoms with Crippen molar-refractivity contribution in [3.63, 3.8) is 0 Å². The predicted octanol–water partition coefficient (Wildman–Crippen LogP) is 4.09. The fraction of sp³-hybridized carbons (Fsp3) is 0.154. The molecule has 1 aromatic heterocycles. The predicted molar refractivity (Wildman–Crippen MR) is 144 cm³/mol. The minimum absolute atomic E-state index is 0.0509. The fourth-order valence-corrected chi connectivity index (χ4v) is 4.21. The second kappa shape index (κ2) is 11.4. The molecule has 0 fully saturated rings. The largest absolute Gasteiger partial charge is 0.495 e. The van der Waals surface area contributed by atoms with Crippen LogP contribution in [-0.2, 0) is 4.79 Å². The number of benzene rings is 3. The average molecular weight is 557 g/mol. The molecule has 196 valence electrons. The number of ether oxygens (including phenoxy) is 3. The molecule has 38 heavy (non-hydrogen) atoms. The first-order valence-electron chi connectivity index (χ1n) is 11.1. The quantitative estimate of drug-likeness (QED) is 0.335. The van der Waals surface area contributed by atoms with Crippen LogP contribution in [0.15, 0.2) is 59.4 Å². The number of hydrogen-bond acceptors (Lipinski definition) is 7. The highest BCUT2D eigenvalue weighted by Gasteiger charge is 2.19. The van der Waals surface area contributed by atoms with Gasteiger partial charge < -0.3 is 24.8 Å². The molecule has 2 amide bonds. The van der Waals surface area contributed by atoms with E-state index in [2.05, 4.69) is 15.7 Å². The van der Waals surface area contributed by atoms with Crippen LogP contribution in [0.2, 0.25) is 10.0 Å². The first kappa shape index (κ1) is 26.8. The van der Waals surface area contributed by atoms with Gasteiger partial charge in [-0.05, 0) is 30.3 Å². The van der Waals surface area contributed by atoms with Crippen LogP contribution in [0, 0.1) is 0 Å². The molecule has 3 aromatic carbocycles. The Bertz CT molecular complexity index is 1610. The van der Waals surface area contributed by atoms with Crippen LogP contribution >= 0.6 is 23.2 Å². The summed E-state index contributed by atoms with van der Waals surface area (Å²) in [6, 6.07) is 14.2. The number of carbonyl (C=O) groups is 2. The summed E-state index contributed by atoms with van der Waals surface area (Å²) in [5, 5.41) is 10.6. The first-order valence-corrected chi connectivity index (χ1v) is 11.9. The van der Waals surface area contributed by atoms with E-state index < -0.39 is 23.9 Å². The van der Waals surface area contributed by atoms with E-state index in [-0.39, 0.29) is 21.1 Å². The van der Waals surface area contributed by atoms with Gasteiger partial charge in [-0.1, -0.05) is 41.4 Å². The SMILES string of the molecule is COc1ccc(-n2nc(C(=O)NCC(=O)Nc3cc(Cl)c(OC)cc3OC)c3ccccc3c2=O)cc1Cl. The van der Waals surface area contributed by atoms with Crippen molar-refractivity contribution in [3.8, 4) is 22.9 Å². The monoisotopic (exact) mass is 556 g/mol. The second-order valence-electron chi connectivity index (χ2n) is 7.85. The Balaban J connectivity index is 1.61. The lowest BCUT2D eigenvalue weighted by atomic mass is 10.1. The first-order chi connectivity index (χ1) is 18.3. The van der Waals surface area contributed by atoms with Crippen LogP contribution in [0.3, 0.4) is 0 Å². The third kappa shape index (κ3) is 5.36. The topological polar surface area (TPSA) is 121 Å². The lowest BCUT2D eigenvalue weighted by Crippen LogP contribution is -2.35. The fourth-order valence-electron chi connectivity index (χ4n) is 3.72. The molecule has 10 nitrogen and oxygen atoms in total. The maximum atomic E-state index is 13.2. The Hall–Kier alpha value is -4.28. The molecule has 0 spiro atoms. The normalized spacial score (nSPS) is 10.7. The zero-order valence-corrected chi connectivity index (χ0v) is 22.0. The Morgan fingerprint density at radius 1 is 0.868 bits per heavy atom. The molecule has 0 atom stereocenters. The molecule has 0 bridgehead atoms. The van der Waals surface area contributed by atoms with E-state index >= 15 is 0 Å². The maximum absolute atomic E-state index is 13.2. The summed E-state index contributed by atoms with van der Waals surface area (Å²) in [7, 11) is 4.36.